The molecule has 0 bridgehead atoms. The molecule has 7 heteroatoms. The number of nitrogens with zero attached hydrogens (tertiary/aromatic N) is 2. The largest absolute Gasteiger partial charge is 0.479 e. The molecule has 2 aliphatic rings. The molecule has 0 aromatic carbocycles. The number of carbonyl (C=O) groups is 1. The highest BCUT2D eigenvalue weighted by atomic mass is 16.7. The van der Waals surface area contributed by atoms with Crippen molar-refractivity contribution < 1.29 is 19.0 Å². The SMILES string of the molecule is COc1nn(C)cc1C(=O)NCC1COC2(CCCCC2)O1. The Kier molecular flexibility index (Phi) is 4.35. The first-order chi connectivity index (χ1) is 10.6. The van der Waals surface area contributed by atoms with Gasteiger partial charge in [0.15, 0.2) is 5.79 Å². The number of amides is 1. The maximum Gasteiger partial charge on any atom is 0.258 e. The van der Waals surface area contributed by atoms with Gasteiger partial charge in [0.05, 0.1) is 13.7 Å². The molecule has 1 aromatic rings. The molecule has 122 valence electrons. The second-order valence-electron chi connectivity index (χ2n) is 5.96. The molecule has 1 atom stereocenters. The van der Waals surface area contributed by atoms with E-state index in [1.54, 1.807) is 17.9 Å². The van der Waals surface area contributed by atoms with Crippen molar-refractivity contribution in [3.05, 3.63) is 11.8 Å². The van der Waals surface area contributed by atoms with Crippen LogP contribution in [0.2, 0.25) is 0 Å². The number of aryl methyl sites for hydroxylation is 1. The van der Waals surface area contributed by atoms with Crippen LogP contribution in [0.4, 0.5) is 0 Å². The summed E-state index contributed by atoms with van der Waals surface area (Å²) in [6, 6.07) is 0. The van der Waals surface area contributed by atoms with Crippen molar-refractivity contribution in [1.82, 2.24) is 15.1 Å². The third-order valence-corrected chi connectivity index (χ3v) is 4.25. The first kappa shape index (κ1) is 15.3. The lowest BCUT2D eigenvalue weighted by atomic mass is 9.94. The van der Waals surface area contributed by atoms with Gasteiger partial charge in [-0.2, -0.15) is 0 Å². The summed E-state index contributed by atoms with van der Waals surface area (Å²) in [6.45, 7) is 0.961. The second-order valence-corrected chi connectivity index (χ2v) is 5.96. The molecule has 1 saturated carbocycles. The van der Waals surface area contributed by atoms with Crippen LogP contribution in [0, 0.1) is 0 Å². The van der Waals surface area contributed by atoms with Crippen LogP contribution in [0.5, 0.6) is 5.88 Å². The number of methoxy groups -OCH3 is 1. The number of hydrogen-bond acceptors (Lipinski definition) is 5. The summed E-state index contributed by atoms with van der Waals surface area (Å²) in [7, 11) is 3.25. The fraction of sp³-hybridized carbons (Fsp3) is 0.733. The van der Waals surface area contributed by atoms with Gasteiger partial charge in [-0.05, 0) is 12.8 Å². The van der Waals surface area contributed by atoms with Crippen molar-refractivity contribution in [2.75, 3.05) is 20.3 Å². The van der Waals surface area contributed by atoms with Crippen LogP contribution in [0.3, 0.4) is 0 Å². The number of nitrogens with one attached hydrogen (secondary N) is 1. The highest BCUT2D eigenvalue weighted by Gasteiger charge is 2.42. The summed E-state index contributed by atoms with van der Waals surface area (Å²) in [4.78, 5) is 12.2. The molecule has 2 fully saturated rings. The normalized spacial score (nSPS) is 23.6. The van der Waals surface area contributed by atoms with E-state index in [0.29, 0.717) is 24.6 Å². The van der Waals surface area contributed by atoms with Crippen LogP contribution in [0.25, 0.3) is 0 Å². The minimum absolute atomic E-state index is 0.0929. The Labute approximate surface area is 129 Å². The molecular formula is C15H23N3O4. The second kappa shape index (κ2) is 6.26. The van der Waals surface area contributed by atoms with E-state index >= 15 is 0 Å². The lowest BCUT2D eigenvalue weighted by Crippen LogP contribution is -2.37. The van der Waals surface area contributed by atoms with Crippen LogP contribution in [0.15, 0.2) is 6.20 Å². The summed E-state index contributed by atoms with van der Waals surface area (Å²) >= 11 is 0. The van der Waals surface area contributed by atoms with Crippen LogP contribution in [0.1, 0.15) is 42.5 Å². The van der Waals surface area contributed by atoms with Crippen molar-refractivity contribution in [2.45, 2.75) is 44.0 Å². The van der Waals surface area contributed by atoms with Gasteiger partial charge >= 0.3 is 0 Å². The predicted octanol–water partition coefficient (Wildman–Crippen LogP) is 1.23. The fourth-order valence-electron chi connectivity index (χ4n) is 3.15. The maximum absolute atomic E-state index is 12.2. The summed E-state index contributed by atoms with van der Waals surface area (Å²) < 4.78 is 18.6. The fourth-order valence-corrected chi connectivity index (χ4v) is 3.15. The molecular weight excluding hydrogens is 286 g/mol. The molecule has 1 amide bonds. The van der Waals surface area contributed by atoms with E-state index in [9.17, 15) is 4.79 Å². The maximum atomic E-state index is 12.2. The highest BCUT2D eigenvalue weighted by molar-refractivity contribution is 5.96. The molecule has 1 aromatic heterocycles. The van der Waals surface area contributed by atoms with E-state index in [1.807, 2.05) is 0 Å². The van der Waals surface area contributed by atoms with E-state index in [1.165, 1.54) is 13.5 Å². The molecule has 1 aliphatic carbocycles. The van der Waals surface area contributed by atoms with E-state index in [-0.39, 0.29) is 12.0 Å². The standard InChI is InChI=1S/C15H23N3O4/c1-18-9-12(14(17-18)20-2)13(19)16-8-11-10-21-15(22-11)6-4-3-5-7-15/h9,11H,3-8,10H2,1-2H3,(H,16,19). The number of ether oxygens (including phenoxy) is 3. The molecule has 1 N–H and O–H groups in total. The number of hydrogen-bond donors (Lipinski definition) is 1. The Bertz CT molecular complexity index is 537. The van der Waals surface area contributed by atoms with E-state index < -0.39 is 5.79 Å². The van der Waals surface area contributed by atoms with Gasteiger partial charge in [0, 0.05) is 32.6 Å². The Morgan fingerprint density at radius 3 is 3.00 bits per heavy atom. The van der Waals surface area contributed by atoms with Crippen molar-refractivity contribution in [1.29, 1.82) is 0 Å². The van der Waals surface area contributed by atoms with Gasteiger partial charge in [0.2, 0.25) is 5.88 Å². The molecule has 1 aliphatic heterocycles. The average molecular weight is 309 g/mol. The molecule has 22 heavy (non-hydrogen) atoms. The third-order valence-electron chi connectivity index (χ3n) is 4.25. The van der Waals surface area contributed by atoms with Crippen molar-refractivity contribution in [2.24, 2.45) is 7.05 Å². The van der Waals surface area contributed by atoms with Gasteiger partial charge in [-0.3, -0.25) is 9.48 Å². The quantitative estimate of drug-likeness (QED) is 0.905. The molecule has 0 radical (unpaired) electrons. The summed E-state index contributed by atoms with van der Waals surface area (Å²) in [5.41, 5.74) is 0.427. The van der Waals surface area contributed by atoms with Gasteiger partial charge in [-0.1, -0.05) is 6.42 Å². The monoisotopic (exact) mass is 309 g/mol. The minimum Gasteiger partial charge on any atom is -0.479 e. The van der Waals surface area contributed by atoms with Crippen molar-refractivity contribution in [3.8, 4) is 5.88 Å². The molecule has 1 spiro atoms. The number of aromatic nitrogens is 2. The zero-order valence-corrected chi connectivity index (χ0v) is 13.1. The van der Waals surface area contributed by atoms with Gasteiger partial charge in [0.1, 0.15) is 11.7 Å². The number of rotatable bonds is 4. The molecule has 2 heterocycles. The van der Waals surface area contributed by atoms with Crippen LogP contribution < -0.4 is 10.1 Å². The number of carbonyl (C=O) groups excluding carboxylic acids is 1. The first-order valence-corrected chi connectivity index (χ1v) is 7.79. The Balaban J connectivity index is 1.53. The zero-order valence-electron chi connectivity index (χ0n) is 13.1. The first-order valence-electron chi connectivity index (χ1n) is 7.79. The Morgan fingerprint density at radius 2 is 2.27 bits per heavy atom. The van der Waals surface area contributed by atoms with Crippen LogP contribution >= 0.6 is 0 Å². The smallest absolute Gasteiger partial charge is 0.258 e. The molecule has 7 nitrogen and oxygen atoms in total. The molecule has 3 rings (SSSR count). The van der Waals surface area contributed by atoms with E-state index in [0.717, 1.165) is 25.7 Å². The Hall–Kier alpha value is -1.60. The van der Waals surface area contributed by atoms with E-state index in [2.05, 4.69) is 10.4 Å². The van der Waals surface area contributed by atoms with Crippen molar-refractivity contribution in [3.63, 3.8) is 0 Å². The van der Waals surface area contributed by atoms with Gasteiger partial charge in [0.25, 0.3) is 5.91 Å². The third kappa shape index (κ3) is 3.10. The Morgan fingerprint density at radius 1 is 1.50 bits per heavy atom. The minimum atomic E-state index is -0.403. The molecule has 1 saturated heterocycles. The molecule has 1 unspecified atom stereocenters. The highest BCUT2D eigenvalue weighted by Crippen LogP contribution is 2.37. The summed E-state index contributed by atoms with van der Waals surface area (Å²) in [5.74, 6) is -0.287. The van der Waals surface area contributed by atoms with Crippen molar-refractivity contribution >= 4 is 5.91 Å². The van der Waals surface area contributed by atoms with Gasteiger partial charge < -0.3 is 19.5 Å². The predicted molar refractivity (Wildman–Crippen MR) is 78.7 cm³/mol. The zero-order chi connectivity index (χ0) is 15.6. The van der Waals surface area contributed by atoms with Crippen LogP contribution in [-0.2, 0) is 16.5 Å². The van der Waals surface area contributed by atoms with Crippen LogP contribution in [-0.4, -0.2) is 47.8 Å². The van der Waals surface area contributed by atoms with Gasteiger partial charge in [-0.15, -0.1) is 5.10 Å². The average Bonchev–Trinajstić information content (AvgIpc) is 3.09. The lowest BCUT2D eigenvalue weighted by molar-refractivity contribution is -0.186. The van der Waals surface area contributed by atoms with E-state index in [4.69, 9.17) is 14.2 Å². The summed E-state index contributed by atoms with van der Waals surface area (Å²) in [5, 5.41) is 6.95. The summed E-state index contributed by atoms with van der Waals surface area (Å²) in [6.07, 6.45) is 6.99. The van der Waals surface area contributed by atoms with Gasteiger partial charge in [-0.25, -0.2) is 0 Å². The lowest BCUT2D eigenvalue weighted by Gasteiger charge is -2.31. The topological polar surface area (TPSA) is 74.6 Å².